The zero-order valence-electron chi connectivity index (χ0n) is 26.7. The number of aliphatic hydroxyl groups is 4. The Morgan fingerprint density at radius 1 is 1.09 bits per heavy atom. The van der Waals surface area contributed by atoms with E-state index in [4.69, 9.17) is 0 Å². The second-order valence-corrected chi connectivity index (χ2v) is 16.6. The highest BCUT2D eigenvalue weighted by Crippen LogP contribution is 2.68. The number of hydrogen-bond donors (Lipinski definition) is 5. The highest BCUT2D eigenvalue weighted by molar-refractivity contribution is 7.80. The van der Waals surface area contributed by atoms with Crippen molar-refractivity contribution in [3.05, 3.63) is 0 Å². The lowest BCUT2D eigenvalue weighted by Gasteiger charge is -2.63. The third kappa shape index (κ3) is 7.59. The quantitative estimate of drug-likeness (QED) is 0.121. The van der Waals surface area contributed by atoms with Crippen molar-refractivity contribution in [1.82, 2.24) is 5.32 Å². The number of likely N-dealkylation sites (N-methyl/N-ethyl adjacent to an activating group) is 1. The van der Waals surface area contributed by atoms with Gasteiger partial charge in [0.1, 0.15) is 12.6 Å². The van der Waals surface area contributed by atoms with Gasteiger partial charge in [0.2, 0.25) is 16.3 Å². The Kier molecular flexibility index (Phi) is 10.7. The van der Waals surface area contributed by atoms with Gasteiger partial charge in [0.05, 0.1) is 52.1 Å². The lowest BCUT2D eigenvalue weighted by molar-refractivity contribution is -0.892. The van der Waals surface area contributed by atoms with Crippen molar-refractivity contribution in [1.29, 1.82) is 0 Å². The van der Waals surface area contributed by atoms with E-state index in [1.54, 1.807) is 0 Å². The average molecular weight is 633 g/mol. The van der Waals surface area contributed by atoms with Crippen molar-refractivity contribution in [2.45, 2.75) is 103 Å². The summed E-state index contributed by atoms with van der Waals surface area (Å²) in [5.74, 6) is 1.42. The number of nitrogens with one attached hydrogen (secondary N) is 1. The smallest absolute Gasteiger partial charge is 0.220 e. The van der Waals surface area contributed by atoms with Gasteiger partial charge >= 0.3 is 0 Å². The molecule has 4 saturated carbocycles. The molecule has 4 fully saturated rings. The molecule has 1 amide bonds. The maximum atomic E-state index is 12.7. The first kappa shape index (κ1) is 35.0. The Balaban J connectivity index is 1.28. The molecule has 0 spiro atoms. The second kappa shape index (κ2) is 13.1. The number of aliphatic hydroxyl groups excluding tert-OH is 4. The van der Waals surface area contributed by atoms with E-state index in [1.807, 2.05) is 14.1 Å². The third-order valence-electron chi connectivity index (χ3n) is 12.5. The minimum atomic E-state index is -4.86. The SMILES string of the molecule is C[C@H](CCC(=O)NCC[N+](C)(C)CC(O)COS(=O)(=O)[O-])[C@H]1CC[C@H]2[C@@H]3[C@H](O)C[C@@H]4C[C@H](O)CC[C@]4(C)[C@H]3C[C@H](O)[C@]12C. The van der Waals surface area contributed by atoms with Crippen molar-refractivity contribution in [3.63, 3.8) is 0 Å². The maximum Gasteiger partial charge on any atom is 0.220 e. The summed E-state index contributed by atoms with van der Waals surface area (Å²) in [6, 6.07) is 0. The number of carbonyl (C=O) groups is 1. The van der Waals surface area contributed by atoms with Crippen LogP contribution in [0.2, 0.25) is 0 Å². The molecule has 0 aromatic carbocycles. The van der Waals surface area contributed by atoms with Crippen molar-refractivity contribution >= 4 is 16.3 Å². The summed E-state index contributed by atoms with van der Waals surface area (Å²) in [5.41, 5.74) is -0.253. The molecule has 250 valence electrons. The Morgan fingerprint density at radius 3 is 2.47 bits per heavy atom. The summed E-state index contributed by atoms with van der Waals surface area (Å²) in [6.45, 7) is 7.20. The monoisotopic (exact) mass is 632 g/mol. The molecule has 0 bridgehead atoms. The Bertz CT molecular complexity index is 1090. The molecule has 5 N–H and O–H groups in total. The fourth-order valence-electron chi connectivity index (χ4n) is 10.2. The molecule has 0 aromatic rings. The molecule has 0 saturated heterocycles. The van der Waals surface area contributed by atoms with E-state index >= 15 is 0 Å². The first-order valence-electron chi connectivity index (χ1n) is 16.3. The van der Waals surface area contributed by atoms with Gasteiger partial charge in [-0.05, 0) is 97.7 Å². The van der Waals surface area contributed by atoms with Gasteiger partial charge in [-0.2, -0.15) is 0 Å². The van der Waals surface area contributed by atoms with Gasteiger partial charge in [0.15, 0.2) is 0 Å². The molecular weight excluding hydrogens is 576 g/mol. The number of carbonyl (C=O) groups excluding carboxylic acids is 1. The third-order valence-corrected chi connectivity index (χ3v) is 12.9. The Hall–Kier alpha value is -0.860. The van der Waals surface area contributed by atoms with Crippen LogP contribution in [0.4, 0.5) is 0 Å². The lowest BCUT2D eigenvalue weighted by atomic mass is 9.43. The van der Waals surface area contributed by atoms with E-state index in [1.165, 1.54) is 0 Å². The van der Waals surface area contributed by atoms with E-state index in [-0.39, 0.29) is 59.0 Å². The van der Waals surface area contributed by atoms with Gasteiger partial charge in [-0.25, -0.2) is 8.42 Å². The van der Waals surface area contributed by atoms with Crippen molar-refractivity contribution in [2.24, 2.45) is 46.3 Å². The van der Waals surface area contributed by atoms with Gasteiger partial charge in [0, 0.05) is 6.42 Å². The van der Waals surface area contributed by atoms with Crippen LogP contribution in [0.15, 0.2) is 0 Å². The van der Waals surface area contributed by atoms with Gasteiger partial charge in [-0.3, -0.25) is 8.98 Å². The first-order chi connectivity index (χ1) is 19.9. The summed E-state index contributed by atoms with van der Waals surface area (Å²) >= 11 is 0. The van der Waals surface area contributed by atoms with E-state index in [9.17, 15) is 38.2 Å². The number of nitrogens with zero attached hydrogens (tertiary/aromatic N) is 1. The van der Waals surface area contributed by atoms with Crippen LogP contribution in [0.5, 0.6) is 0 Å². The van der Waals surface area contributed by atoms with E-state index < -0.39 is 35.3 Å². The topological polar surface area (TPSA) is 176 Å². The van der Waals surface area contributed by atoms with E-state index in [0.717, 1.165) is 38.5 Å². The largest absolute Gasteiger partial charge is 0.726 e. The molecule has 0 aliphatic heterocycles. The molecule has 0 aromatic heterocycles. The zero-order chi connectivity index (χ0) is 32.0. The van der Waals surface area contributed by atoms with Crippen LogP contribution in [0.25, 0.3) is 0 Å². The summed E-state index contributed by atoms with van der Waals surface area (Å²) in [6.07, 6.45) is 4.72. The molecule has 0 heterocycles. The zero-order valence-corrected chi connectivity index (χ0v) is 27.5. The lowest BCUT2D eigenvalue weighted by Crippen LogP contribution is -2.62. The standard InChI is InChI=1S/C31H56N2O9S/c1-19(6-9-28(38)32-12-13-33(4,5)17-22(35)18-42-43(39,40)41)23-7-8-24-29-25(16-27(37)31(23,24)3)30(2)11-10-21(34)14-20(30)15-26(29)36/h19-27,29,34-37H,6-18H2,1-5H3,(H-,32,38,39,40,41)/t19-,20+,21-,22?,23-,24+,25+,26-,27+,29+,30+,31-/m1/s1. The van der Waals surface area contributed by atoms with Crippen LogP contribution in [-0.4, -0.2) is 109 Å². The Morgan fingerprint density at radius 2 is 1.79 bits per heavy atom. The fourth-order valence-corrected chi connectivity index (χ4v) is 10.5. The minimum absolute atomic E-state index is 0.0456. The van der Waals surface area contributed by atoms with Gasteiger partial charge < -0.3 is 34.8 Å². The molecule has 4 rings (SSSR count). The van der Waals surface area contributed by atoms with Crippen LogP contribution in [-0.2, 0) is 19.4 Å². The molecule has 12 atom stereocenters. The van der Waals surface area contributed by atoms with Gasteiger partial charge in [-0.15, -0.1) is 0 Å². The van der Waals surface area contributed by atoms with Crippen molar-refractivity contribution in [3.8, 4) is 0 Å². The normalized spacial score (nSPS) is 41.1. The van der Waals surface area contributed by atoms with Crippen LogP contribution >= 0.6 is 0 Å². The minimum Gasteiger partial charge on any atom is -0.726 e. The maximum absolute atomic E-state index is 12.7. The highest BCUT2D eigenvalue weighted by atomic mass is 32.3. The summed E-state index contributed by atoms with van der Waals surface area (Å²) in [7, 11) is -1.19. The Labute approximate surface area is 257 Å². The first-order valence-corrected chi connectivity index (χ1v) is 17.6. The fraction of sp³-hybridized carbons (Fsp3) is 0.968. The molecule has 4 aliphatic rings. The van der Waals surface area contributed by atoms with Crippen LogP contribution in [0.3, 0.4) is 0 Å². The molecular formula is C31H56N2O9S. The average Bonchev–Trinajstić information content (AvgIpc) is 3.25. The second-order valence-electron chi connectivity index (χ2n) is 15.6. The van der Waals surface area contributed by atoms with Gasteiger partial charge in [0.25, 0.3) is 0 Å². The number of fused-ring (bicyclic) bond motifs is 5. The van der Waals surface area contributed by atoms with Crippen LogP contribution < -0.4 is 5.32 Å². The summed E-state index contributed by atoms with van der Waals surface area (Å²) < 4.78 is 36.3. The van der Waals surface area contributed by atoms with Crippen molar-refractivity contribution in [2.75, 3.05) is 40.3 Å². The number of hydrogen-bond acceptors (Lipinski definition) is 9. The number of quaternary nitrogens is 1. The molecule has 43 heavy (non-hydrogen) atoms. The molecule has 1 unspecified atom stereocenters. The number of rotatable bonds is 12. The summed E-state index contributed by atoms with van der Waals surface area (Å²) in [5, 5.41) is 46.5. The predicted molar refractivity (Wildman–Crippen MR) is 159 cm³/mol. The molecule has 11 nitrogen and oxygen atoms in total. The van der Waals surface area contributed by atoms with E-state index in [2.05, 4.69) is 30.3 Å². The predicted octanol–water partition coefficient (Wildman–Crippen LogP) is 1.39. The molecule has 12 heteroatoms. The summed E-state index contributed by atoms with van der Waals surface area (Å²) in [4.78, 5) is 12.7. The van der Waals surface area contributed by atoms with Crippen LogP contribution in [0, 0.1) is 46.3 Å². The van der Waals surface area contributed by atoms with Gasteiger partial charge in [-0.1, -0.05) is 20.8 Å². The van der Waals surface area contributed by atoms with Crippen LogP contribution in [0.1, 0.15) is 78.6 Å². The highest BCUT2D eigenvalue weighted by Gasteiger charge is 2.65. The molecule has 4 aliphatic carbocycles. The van der Waals surface area contributed by atoms with E-state index in [0.29, 0.717) is 42.8 Å². The van der Waals surface area contributed by atoms with Crippen molar-refractivity contribution < 1.29 is 46.9 Å². The molecule has 0 radical (unpaired) electrons. The number of amides is 1.